The first-order valence-corrected chi connectivity index (χ1v) is 8.45. The Kier molecular flexibility index (Phi) is 3.90. The predicted molar refractivity (Wildman–Crippen MR) is 99.5 cm³/mol. The minimum atomic E-state index is -0.451. The lowest BCUT2D eigenvalue weighted by Gasteiger charge is -2.24. The van der Waals surface area contributed by atoms with E-state index >= 15 is 0 Å². The highest BCUT2D eigenvalue weighted by Gasteiger charge is 2.36. The highest BCUT2D eigenvalue weighted by atomic mass is 35.5. The van der Waals surface area contributed by atoms with E-state index in [4.69, 9.17) is 22.1 Å². The van der Waals surface area contributed by atoms with Crippen molar-refractivity contribution in [3.05, 3.63) is 81.7 Å². The van der Waals surface area contributed by atoms with Crippen molar-refractivity contribution >= 4 is 11.6 Å². The lowest BCUT2D eigenvalue weighted by Crippen LogP contribution is -2.21. The number of ether oxygens (including phenoxy) is 1. The van der Waals surface area contributed by atoms with E-state index in [-0.39, 0.29) is 5.88 Å². The Hall–Kier alpha value is -3.23. The van der Waals surface area contributed by atoms with E-state index in [2.05, 4.69) is 16.3 Å². The topological polar surface area (TPSA) is 87.7 Å². The molecule has 2 heterocycles. The molecule has 5 nitrogen and oxygen atoms in total. The molecule has 0 spiro atoms. The molecule has 0 fully saturated rings. The number of benzene rings is 2. The molecule has 0 unspecified atom stereocenters. The van der Waals surface area contributed by atoms with Crippen LogP contribution in [-0.2, 0) is 0 Å². The quantitative estimate of drug-likeness (QED) is 0.713. The van der Waals surface area contributed by atoms with Crippen LogP contribution in [0.1, 0.15) is 22.6 Å². The number of rotatable bonds is 2. The van der Waals surface area contributed by atoms with Crippen molar-refractivity contribution in [2.75, 3.05) is 0 Å². The van der Waals surface area contributed by atoms with Crippen molar-refractivity contribution in [3.8, 4) is 23.2 Å². The molecule has 0 saturated heterocycles. The molecule has 0 radical (unpaired) electrons. The maximum absolute atomic E-state index is 9.70. The Morgan fingerprint density at radius 2 is 1.92 bits per heavy atom. The highest BCUT2D eigenvalue weighted by Crippen LogP contribution is 2.47. The van der Waals surface area contributed by atoms with Crippen molar-refractivity contribution < 1.29 is 4.74 Å². The summed E-state index contributed by atoms with van der Waals surface area (Å²) >= 11 is 6.44. The average molecular weight is 363 g/mol. The van der Waals surface area contributed by atoms with Gasteiger partial charge in [0.25, 0.3) is 0 Å². The van der Waals surface area contributed by atoms with Crippen LogP contribution in [0.15, 0.2) is 60.0 Å². The maximum Gasteiger partial charge on any atom is 0.244 e. The Morgan fingerprint density at radius 3 is 2.62 bits per heavy atom. The SMILES string of the molecule is Cc1ccc(-c2[nH]nc3c2[C@H](c2ccccc2Cl)C(C#N)=C(N)O3)cc1. The molecule has 4 rings (SSSR count). The van der Waals surface area contributed by atoms with Gasteiger partial charge in [-0.05, 0) is 18.6 Å². The van der Waals surface area contributed by atoms with Crippen molar-refractivity contribution in [1.29, 1.82) is 5.26 Å². The monoisotopic (exact) mass is 362 g/mol. The minimum Gasteiger partial charge on any atom is -0.420 e. The van der Waals surface area contributed by atoms with Gasteiger partial charge in [-0.3, -0.25) is 5.10 Å². The summed E-state index contributed by atoms with van der Waals surface area (Å²) in [6.45, 7) is 2.03. The van der Waals surface area contributed by atoms with Gasteiger partial charge < -0.3 is 10.5 Å². The maximum atomic E-state index is 9.70. The number of nitrogens with zero attached hydrogens (tertiary/aromatic N) is 2. The first-order valence-electron chi connectivity index (χ1n) is 8.07. The van der Waals surface area contributed by atoms with Gasteiger partial charge in [0.15, 0.2) is 0 Å². The number of hydrogen-bond donors (Lipinski definition) is 2. The van der Waals surface area contributed by atoms with Gasteiger partial charge in [-0.25, -0.2) is 0 Å². The molecule has 128 valence electrons. The second-order valence-electron chi connectivity index (χ2n) is 6.13. The van der Waals surface area contributed by atoms with E-state index < -0.39 is 5.92 Å². The first-order chi connectivity index (χ1) is 12.6. The molecule has 0 amide bonds. The van der Waals surface area contributed by atoms with Gasteiger partial charge in [-0.15, -0.1) is 5.10 Å². The van der Waals surface area contributed by atoms with Crippen LogP contribution in [0.4, 0.5) is 0 Å². The summed E-state index contributed by atoms with van der Waals surface area (Å²) in [6, 6.07) is 17.6. The number of nitriles is 1. The van der Waals surface area contributed by atoms with Gasteiger partial charge in [0.1, 0.15) is 11.6 Å². The Bertz CT molecular complexity index is 1060. The number of nitrogens with one attached hydrogen (secondary N) is 1. The smallest absolute Gasteiger partial charge is 0.244 e. The fourth-order valence-electron chi connectivity index (χ4n) is 3.21. The summed E-state index contributed by atoms with van der Waals surface area (Å²) in [6.07, 6.45) is 0. The van der Waals surface area contributed by atoms with Gasteiger partial charge in [0.2, 0.25) is 11.8 Å². The number of allylic oxidation sites excluding steroid dienone is 1. The lowest BCUT2D eigenvalue weighted by molar-refractivity contribution is 0.379. The van der Waals surface area contributed by atoms with E-state index in [1.807, 2.05) is 49.4 Å². The molecule has 1 aliphatic heterocycles. The van der Waals surface area contributed by atoms with Crippen LogP contribution in [0.2, 0.25) is 5.02 Å². The van der Waals surface area contributed by atoms with E-state index in [9.17, 15) is 5.26 Å². The number of fused-ring (bicyclic) bond motifs is 1. The zero-order valence-corrected chi connectivity index (χ0v) is 14.7. The van der Waals surface area contributed by atoms with Gasteiger partial charge in [-0.1, -0.05) is 59.6 Å². The minimum absolute atomic E-state index is 0.0480. The number of halogens is 1. The predicted octanol–water partition coefficient (Wildman–Crippen LogP) is 4.26. The molecular weight excluding hydrogens is 348 g/mol. The number of nitrogens with two attached hydrogens (primary N) is 1. The van der Waals surface area contributed by atoms with Crippen molar-refractivity contribution in [3.63, 3.8) is 0 Å². The summed E-state index contributed by atoms with van der Waals surface area (Å²) in [5, 5.41) is 17.6. The number of aromatic nitrogens is 2. The van der Waals surface area contributed by atoms with Crippen LogP contribution in [0, 0.1) is 18.3 Å². The fraction of sp³-hybridized carbons (Fsp3) is 0.100. The van der Waals surface area contributed by atoms with Crippen molar-refractivity contribution in [2.45, 2.75) is 12.8 Å². The summed E-state index contributed by atoms with van der Waals surface area (Å²) in [5.74, 6) is -0.0404. The zero-order valence-electron chi connectivity index (χ0n) is 14.0. The molecule has 2 aromatic carbocycles. The van der Waals surface area contributed by atoms with Gasteiger partial charge in [0.05, 0.1) is 17.2 Å². The Labute approximate surface area is 155 Å². The molecule has 0 aliphatic carbocycles. The zero-order chi connectivity index (χ0) is 18.3. The van der Waals surface area contributed by atoms with Gasteiger partial charge in [-0.2, -0.15) is 5.26 Å². The van der Waals surface area contributed by atoms with Crippen LogP contribution in [0.25, 0.3) is 11.3 Å². The van der Waals surface area contributed by atoms with Crippen LogP contribution < -0.4 is 10.5 Å². The molecule has 3 aromatic rings. The van der Waals surface area contributed by atoms with Gasteiger partial charge in [0, 0.05) is 10.6 Å². The third-order valence-corrected chi connectivity index (χ3v) is 4.84. The molecule has 1 aliphatic rings. The number of aromatic amines is 1. The largest absolute Gasteiger partial charge is 0.420 e. The van der Waals surface area contributed by atoms with Crippen LogP contribution >= 0.6 is 11.6 Å². The molecule has 0 saturated carbocycles. The Balaban J connectivity index is 1.97. The average Bonchev–Trinajstić information content (AvgIpc) is 3.05. The standard InChI is InChI=1S/C20H15ClN4O/c1-11-6-8-12(9-7-11)18-17-16(13-4-2-3-5-15(13)21)14(10-22)19(23)26-20(17)25-24-18/h2-9,16H,23H2,1H3,(H,24,25)/t16-/m1/s1. The van der Waals surface area contributed by atoms with Crippen LogP contribution in [-0.4, -0.2) is 10.2 Å². The summed E-state index contributed by atoms with van der Waals surface area (Å²) in [4.78, 5) is 0. The third-order valence-electron chi connectivity index (χ3n) is 4.50. The fourth-order valence-corrected chi connectivity index (χ4v) is 3.45. The van der Waals surface area contributed by atoms with Crippen LogP contribution in [0.3, 0.4) is 0 Å². The third kappa shape index (κ3) is 2.52. The van der Waals surface area contributed by atoms with Crippen molar-refractivity contribution in [1.82, 2.24) is 10.2 Å². The summed E-state index contributed by atoms with van der Waals surface area (Å²) in [5.41, 5.74) is 10.7. The second kappa shape index (κ2) is 6.25. The second-order valence-corrected chi connectivity index (χ2v) is 6.54. The number of H-pyrrole nitrogens is 1. The summed E-state index contributed by atoms with van der Waals surface area (Å²) in [7, 11) is 0. The number of hydrogen-bond acceptors (Lipinski definition) is 4. The highest BCUT2D eigenvalue weighted by molar-refractivity contribution is 6.31. The van der Waals surface area contributed by atoms with E-state index in [0.29, 0.717) is 16.5 Å². The normalized spacial score (nSPS) is 16.0. The first kappa shape index (κ1) is 16.2. The molecule has 3 N–H and O–H groups in total. The van der Waals surface area contributed by atoms with Crippen molar-refractivity contribution in [2.24, 2.45) is 5.73 Å². The molecule has 1 aromatic heterocycles. The molecule has 26 heavy (non-hydrogen) atoms. The van der Waals surface area contributed by atoms with E-state index in [1.54, 1.807) is 6.07 Å². The lowest BCUT2D eigenvalue weighted by atomic mass is 9.83. The summed E-state index contributed by atoms with van der Waals surface area (Å²) < 4.78 is 5.60. The number of aryl methyl sites for hydroxylation is 1. The Morgan fingerprint density at radius 1 is 1.19 bits per heavy atom. The van der Waals surface area contributed by atoms with Crippen LogP contribution in [0.5, 0.6) is 5.88 Å². The molecule has 0 bridgehead atoms. The molecular formula is C20H15ClN4O. The van der Waals surface area contributed by atoms with E-state index in [0.717, 1.165) is 27.9 Å². The van der Waals surface area contributed by atoms with Gasteiger partial charge >= 0.3 is 0 Å². The molecule has 6 heteroatoms. The molecule has 1 atom stereocenters. The van der Waals surface area contributed by atoms with E-state index in [1.165, 1.54) is 0 Å².